The van der Waals surface area contributed by atoms with Crippen LogP contribution in [0, 0.1) is 0 Å². The number of halogens is 2. The molecule has 130 valence electrons. The van der Waals surface area contributed by atoms with Crippen LogP contribution in [-0.2, 0) is 6.54 Å². The average Bonchev–Trinajstić information content (AvgIpc) is 3.23. The average molecular weight is 402 g/mol. The van der Waals surface area contributed by atoms with Crippen molar-refractivity contribution >= 4 is 51.4 Å². The molecule has 0 amide bonds. The van der Waals surface area contributed by atoms with Crippen LogP contribution in [0.25, 0.3) is 22.0 Å². The van der Waals surface area contributed by atoms with Gasteiger partial charge in [-0.25, -0.2) is 4.79 Å². The van der Waals surface area contributed by atoms with Crippen LogP contribution in [0.4, 0.5) is 0 Å². The molecule has 2 aromatic carbocycles. The van der Waals surface area contributed by atoms with Crippen LogP contribution in [0.5, 0.6) is 0 Å². The maximum absolute atomic E-state index is 12.2. The molecule has 4 rings (SSSR count). The molecule has 1 N–H and O–H groups in total. The van der Waals surface area contributed by atoms with E-state index in [0.717, 1.165) is 22.0 Å². The first-order chi connectivity index (χ1) is 12.5. The SMILES string of the molecule is O=C(O)c1c(-c2ccsc2)c2cc(Cl)ccc2n1Cc1ccc(Cl)cc1. The Kier molecular flexibility index (Phi) is 4.49. The molecule has 0 fully saturated rings. The van der Waals surface area contributed by atoms with E-state index in [1.54, 1.807) is 18.2 Å². The predicted molar refractivity (Wildman–Crippen MR) is 108 cm³/mol. The minimum absolute atomic E-state index is 0.260. The van der Waals surface area contributed by atoms with Gasteiger partial charge in [0.2, 0.25) is 0 Å². The van der Waals surface area contributed by atoms with Crippen LogP contribution >= 0.6 is 34.5 Å². The minimum Gasteiger partial charge on any atom is -0.477 e. The second kappa shape index (κ2) is 6.80. The van der Waals surface area contributed by atoms with Crippen LogP contribution in [0.2, 0.25) is 10.0 Å². The molecule has 6 heteroatoms. The molecule has 0 aliphatic carbocycles. The summed E-state index contributed by atoms with van der Waals surface area (Å²) in [4.78, 5) is 12.2. The Morgan fingerprint density at radius 1 is 1.04 bits per heavy atom. The Labute approximate surface area is 164 Å². The van der Waals surface area contributed by atoms with Crippen molar-refractivity contribution < 1.29 is 9.90 Å². The summed E-state index contributed by atoms with van der Waals surface area (Å²) >= 11 is 13.7. The zero-order valence-corrected chi connectivity index (χ0v) is 15.8. The summed E-state index contributed by atoms with van der Waals surface area (Å²) in [7, 11) is 0. The highest BCUT2D eigenvalue weighted by molar-refractivity contribution is 7.08. The highest BCUT2D eigenvalue weighted by atomic mass is 35.5. The number of carboxylic acid groups (broad SMARTS) is 1. The molecule has 0 saturated carbocycles. The van der Waals surface area contributed by atoms with Gasteiger partial charge in [-0.3, -0.25) is 0 Å². The molecule has 0 bridgehead atoms. The second-order valence-electron chi connectivity index (χ2n) is 5.91. The highest BCUT2D eigenvalue weighted by Gasteiger charge is 2.24. The third kappa shape index (κ3) is 3.01. The van der Waals surface area contributed by atoms with Gasteiger partial charge in [0, 0.05) is 33.1 Å². The van der Waals surface area contributed by atoms with Crippen LogP contribution in [0.3, 0.4) is 0 Å². The van der Waals surface area contributed by atoms with Crippen molar-refractivity contribution in [2.75, 3.05) is 0 Å². The Morgan fingerprint density at radius 2 is 1.77 bits per heavy atom. The van der Waals surface area contributed by atoms with Crippen LogP contribution in [0.1, 0.15) is 16.1 Å². The lowest BCUT2D eigenvalue weighted by Gasteiger charge is -2.09. The van der Waals surface area contributed by atoms with Crippen molar-refractivity contribution in [3.8, 4) is 11.1 Å². The summed E-state index contributed by atoms with van der Waals surface area (Å²) in [6.07, 6.45) is 0. The molecule has 0 aliphatic heterocycles. The fourth-order valence-electron chi connectivity index (χ4n) is 3.18. The van der Waals surface area contributed by atoms with Crippen molar-refractivity contribution in [1.82, 2.24) is 4.57 Å². The van der Waals surface area contributed by atoms with Gasteiger partial charge >= 0.3 is 5.97 Å². The molecule has 0 aliphatic rings. The number of carboxylic acids is 1. The van der Waals surface area contributed by atoms with E-state index in [0.29, 0.717) is 22.2 Å². The van der Waals surface area contributed by atoms with Gasteiger partial charge in [-0.1, -0.05) is 35.3 Å². The lowest BCUT2D eigenvalue weighted by molar-refractivity contribution is 0.0687. The van der Waals surface area contributed by atoms with Crippen molar-refractivity contribution in [2.45, 2.75) is 6.54 Å². The number of rotatable bonds is 4. The van der Waals surface area contributed by atoms with E-state index in [2.05, 4.69) is 0 Å². The molecule has 2 heterocycles. The summed E-state index contributed by atoms with van der Waals surface area (Å²) in [5.41, 5.74) is 3.65. The molecule has 4 aromatic rings. The Morgan fingerprint density at radius 3 is 2.42 bits per heavy atom. The lowest BCUT2D eigenvalue weighted by Crippen LogP contribution is -2.10. The molecule has 0 spiro atoms. The summed E-state index contributed by atoms with van der Waals surface area (Å²) in [6, 6.07) is 14.8. The normalized spacial score (nSPS) is 11.2. The van der Waals surface area contributed by atoms with Gasteiger partial charge in [-0.05, 0) is 58.3 Å². The standard InChI is InChI=1S/C20H13Cl2NO2S/c21-14-3-1-12(2-4-14)10-23-17-6-5-15(22)9-16(17)18(19(23)20(24)25)13-7-8-26-11-13/h1-9,11H,10H2,(H,24,25). The molecule has 3 nitrogen and oxygen atoms in total. The minimum atomic E-state index is -0.965. The Bertz CT molecular complexity index is 1100. The number of aromatic nitrogens is 1. The number of benzene rings is 2. The van der Waals surface area contributed by atoms with Crippen molar-refractivity contribution in [3.63, 3.8) is 0 Å². The van der Waals surface area contributed by atoms with Gasteiger partial charge in [-0.15, -0.1) is 0 Å². The van der Waals surface area contributed by atoms with Crippen molar-refractivity contribution in [2.24, 2.45) is 0 Å². The number of nitrogens with zero attached hydrogens (tertiary/aromatic N) is 1. The number of hydrogen-bond acceptors (Lipinski definition) is 2. The second-order valence-corrected chi connectivity index (χ2v) is 7.57. The third-order valence-electron chi connectivity index (χ3n) is 4.29. The van der Waals surface area contributed by atoms with Crippen LogP contribution in [0.15, 0.2) is 59.3 Å². The van der Waals surface area contributed by atoms with Gasteiger partial charge < -0.3 is 9.67 Å². The highest BCUT2D eigenvalue weighted by Crippen LogP contribution is 2.38. The van der Waals surface area contributed by atoms with E-state index in [1.807, 2.05) is 45.7 Å². The van der Waals surface area contributed by atoms with Crippen molar-refractivity contribution in [3.05, 3.63) is 80.6 Å². The first-order valence-electron chi connectivity index (χ1n) is 7.86. The third-order valence-corrected chi connectivity index (χ3v) is 5.46. The van der Waals surface area contributed by atoms with Gasteiger partial charge in [-0.2, -0.15) is 11.3 Å². The largest absolute Gasteiger partial charge is 0.477 e. The van der Waals surface area contributed by atoms with E-state index in [1.165, 1.54) is 11.3 Å². The number of thiophene rings is 1. The molecule has 0 atom stereocenters. The molecule has 2 aromatic heterocycles. The molecular formula is C20H13Cl2NO2S. The Hall–Kier alpha value is -2.27. The Balaban J connectivity index is 2.00. The monoisotopic (exact) mass is 401 g/mol. The van der Waals surface area contributed by atoms with E-state index in [-0.39, 0.29) is 5.69 Å². The zero-order chi connectivity index (χ0) is 18.3. The maximum Gasteiger partial charge on any atom is 0.353 e. The number of hydrogen-bond donors (Lipinski definition) is 1. The topological polar surface area (TPSA) is 42.2 Å². The predicted octanol–water partition coefficient (Wildman–Crippen LogP) is 6.42. The summed E-state index contributed by atoms with van der Waals surface area (Å²) in [6.45, 7) is 0.432. The summed E-state index contributed by atoms with van der Waals surface area (Å²) in [5.74, 6) is -0.965. The molecular weight excluding hydrogens is 389 g/mol. The van der Waals surface area contributed by atoms with Gasteiger partial charge in [0.05, 0.1) is 0 Å². The van der Waals surface area contributed by atoms with Crippen LogP contribution in [-0.4, -0.2) is 15.6 Å². The molecule has 0 unspecified atom stereocenters. The maximum atomic E-state index is 12.2. The zero-order valence-electron chi connectivity index (χ0n) is 13.4. The quantitative estimate of drug-likeness (QED) is 0.428. The van der Waals surface area contributed by atoms with Crippen LogP contribution < -0.4 is 0 Å². The van der Waals surface area contributed by atoms with Crippen molar-refractivity contribution in [1.29, 1.82) is 0 Å². The molecule has 0 radical (unpaired) electrons. The fraction of sp³-hybridized carbons (Fsp3) is 0.0500. The first kappa shape index (κ1) is 17.2. The summed E-state index contributed by atoms with van der Waals surface area (Å²) in [5, 5.41) is 15.9. The van der Waals surface area contributed by atoms with Gasteiger partial charge in [0.15, 0.2) is 0 Å². The molecule has 0 saturated heterocycles. The van der Waals surface area contributed by atoms with E-state index in [4.69, 9.17) is 23.2 Å². The lowest BCUT2D eigenvalue weighted by atomic mass is 10.0. The first-order valence-corrected chi connectivity index (χ1v) is 9.56. The molecule has 26 heavy (non-hydrogen) atoms. The van der Waals surface area contributed by atoms with Gasteiger partial charge in [0.25, 0.3) is 0 Å². The van der Waals surface area contributed by atoms with E-state index < -0.39 is 5.97 Å². The number of carbonyl (C=O) groups is 1. The summed E-state index contributed by atoms with van der Waals surface area (Å²) < 4.78 is 1.82. The smallest absolute Gasteiger partial charge is 0.353 e. The fourth-order valence-corrected chi connectivity index (χ4v) is 4.13. The van der Waals surface area contributed by atoms with Gasteiger partial charge in [0.1, 0.15) is 5.69 Å². The number of fused-ring (bicyclic) bond motifs is 1. The van der Waals surface area contributed by atoms with E-state index >= 15 is 0 Å². The van der Waals surface area contributed by atoms with E-state index in [9.17, 15) is 9.90 Å². The number of aromatic carboxylic acids is 1.